The first kappa shape index (κ1) is 27.2. The molecular formula is C30H28N2O8. The standard InChI is InChI=1S/C30H28N2O8/c1-32(2)24-19-13-16-12-18-15(7-4-14-5-9-17(40-3)10-6-14)8-11-20(33)22(18)25(34)21(16)27(36)30(19,39)28(37)23(26(24)35)29(31)38/h5-6,8-11,16,19,21,23-24,33,39H,12-13H2,1-3H3,(H2,31,38). The van der Waals surface area contributed by atoms with Crippen LogP contribution >= 0.6 is 0 Å². The van der Waals surface area contributed by atoms with Gasteiger partial charge in [0.15, 0.2) is 34.7 Å². The molecule has 10 heteroatoms. The number of ether oxygens (including phenoxy) is 1. The van der Waals surface area contributed by atoms with Gasteiger partial charge in [-0.2, -0.15) is 0 Å². The molecule has 0 radical (unpaired) electrons. The molecular weight excluding hydrogens is 516 g/mol. The molecule has 2 aromatic rings. The minimum Gasteiger partial charge on any atom is -0.507 e. The first-order valence-electron chi connectivity index (χ1n) is 12.8. The molecule has 2 saturated carbocycles. The van der Waals surface area contributed by atoms with Crippen LogP contribution in [0.1, 0.15) is 33.5 Å². The van der Waals surface area contributed by atoms with E-state index in [2.05, 4.69) is 11.8 Å². The quantitative estimate of drug-likeness (QED) is 0.364. The molecule has 40 heavy (non-hydrogen) atoms. The van der Waals surface area contributed by atoms with E-state index in [9.17, 15) is 34.2 Å². The van der Waals surface area contributed by atoms with Crippen molar-refractivity contribution in [3.63, 3.8) is 0 Å². The number of aliphatic hydroxyl groups is 1. The molecule has 0 bridgehead atoms. The summed E-state index contributed by atoms with van der Waals surface area (Å²) in [5, 5.41) is 22.3. The number of hydrogen-bond donors (Lipinski definition) is 3. The normalized spacial score (nSPS) is 29.2. The lowest BCUT2D eigenvalue weighted by Gasteiger charge is -2.52. The van der Waals surface area contributed by atoms with Crippen molar-refractivity contribution >= 4 is 29.0 Å². The summed E-state index contributed by atoms with van der Waals surface area (Å²) in [7, 11) is 4.64. The number of benzene rings is 2. The highest BCUT2D eigenvalue weighted by Gasteiger charge is 2.69. The number of amides is 1. The first-order chi connectivity index (χ1) is 18.9. The van der Waals surface area contributed by atoms with Crippen molar-refractivity contribution in [1.29, 1.82) is 0 Å². The number of carbonyl (C=O) groups is 5. The maximum atomic E-state index is 13.9. The third kappa shape index (κ3) is 3.93. The third-order valence-corrected chi connectivity index (χ3v) is 8.38. The van der Waals surface area contributed by atoms with Gasteiger partial charge in [-0.15, -0.1) is 0 Å². The predicted octanol–water partition coefficient (Wildman–Crippen LogP) is 0.275. The number of methoxy groups -OCH3 is 1. The van der Waals surface area contributed by atoms with Crippen LogP contribution in [-0.4, -0.2) is 77.0 Å². The summed E-state index contributed by atoms with van der Waals surface area (Å²) in [5.41, 5.74) is 4.13. The molecule has 0 spiro atoms. The van der Waals surface area contributed by atoms with E-state index in [1.165, 1.54) is 11.0 Å². The third-order valence-electron chi connectivity index (χ3n) is 8.38. The topological polar surface area (TPSA) is 164 Å². The number of nitrogens with zero attached hydrogens (tertiary/aromatic N) is 1. The smallest absolute Gasteiger partial charge is 0.235 e. The maximum absolute atomic E-state index is 13.9. The molecule has 0 heterocycles. The molecule has 0 aromatic heterocycles. The number of aromatic hydroxyl groups is 1. The first-order valence-corrected chi connectivity index (χ1v) is 12.8. The second-order valence-corrected chi connectivity index (χ2v) is 10.8. The highest BCUT2D eigenvalue weighted by atomic mass is 16.5. The molecule has 0 aliphatic heterocycles. The molecule has 10 nitrogen and oxygen atoms in total. The van der Waals surface area contributed by atoms with Gasteiger partial charge in [-0.05, 0) is 74.8 Å². The van der Waals surface area contributed by atoms with Gasteiger partial charge in [-0.3, -0.25) is 28.9 Å². The van der Waals surface area contributed by atoms with Crippen LogP contribution in [0.15, 0.2) is 36.4 Å². The Hall–Kier alpha value is -4.33. The molecule has 4 N–H and O–H groups in total. The van der Waals surface area contributed by atoms with Crippen LogP contribution in [0.25, 0.3) is 0 Å². The Morgan fingerprint density at radius 2 is 1.73 bits per heavy atom. The second-order valence-electron chi connectivity index (χ2n) is 10.8. The number of ketones is 4. The number of carbonyl (C=O) groups excluding carboxylic acids is 5. The fourth-order valence-electron chi connectivity index (χ4n) is 6.54. The average Bonchev–Trinajstić information content (AvgIpc) is 2.90. The fraction of sp³-hybridized carbons (Fsp3) is 0.367. The Kier molecular flexibility index (Phi) is 6.60. The summed E-state index contributed by atoms with van der Waals surface area (Å²) in [4.78, 5) is 67.7. The molecule has 3 aliphatic rings. The number of primary amides is 1. The lowest BCUT2D eigenvalue weighted by Crippen LogP contribution is -2.74. The van der Waals surface area contributed by atoms with Gasteiger partial charge in [-0.1, -0.05) is 11.8 Å². The van der Waals surface area contributed by atoms with E-state index >= 15 is 0 Å². The van der Waals surface area contributed by atoms with Crippen molar-refractivity contribution < 1.29 is 38.9 Å². The van der Waals surface area contributed by atoms with Gasteiger partial charge in [-0.25, -0.2) is 0 Å². The summed E-state index contributed by atoms with van der Waals surface area (Å²) in [6.45, 7) is 0. The molecule has 3 aliphatic carbocycles. The molecule has 6 atom stereocenters. The molecule has 0 saturated heterocycles. The number of rotatable bonds is 3. The summed E-state index contributed by atoms with van der Waals surface area (Å²) >= 11 is 0. The van der Waals surface area contributed by atoms with Crippen LogP contribution in [0.2, 0.25) is 0 Å². The number of fused-ring (bicyclic) bond motifs is 3. The highest BCUT2D eigenvalue weighted by Crippen LogP contribution is 2.50. The number of Topliss-reactive ketones (excluding diaryl/α,β-unsaturated/α-hetero) is 4. The Bertz CT molecular complexity index is 1530. The van der Waals surface area contributed by atoms with E-state index in [1.807, 2.05) is 0 Å². The van der Waals surface area contributed by atoms with E-state index in [0.29, 0.717) is 22.4 Å². The zero-order valence-corrected chi connectivity index (χ0v) is 22.1. The fourth-order valence-corrected chi connectivity index (χ4v) is 6.54. The largest absolute Gasteiger partial charge is 0.507 e. The molecule has 1 amide bonds. The molecule has 2 aromatic carbocycles. The predicted molar refractivity (Wildman–Crippen MR) is 140 cm³/mol. The van der Waals surface area contributed by atoms with Crippen molar-refractivity contribution in [3.05, 3.63) is 58.7 Å². The van der Waals surface area contributed by atoms with Gasteiger partial charge in [0.25, 0.3) is 0 Å². The number of phenols is 1. The van der Waals surface area contributed by atoms with E-state index < -0.39 is 64.4 Å². The van der Waals surface area contributed by atoms with Gasteiger partial charge in [0.1, 0.15) is 11.5 Å². The van der Waals surface area contributed by atoms with Crippen molar-refractivity contribution in [2.45, 2.75) is 24.5 Å². The zero-order chi connectivity index (χ0) is 29.1. The summed E-state index contributed by atoms with van der Waals surface area (Å²) in [6, 6.07) is 8.82. The average molecular weight is 545 g/mol. The lowest BCUT2D eigenvalue weighted by molar-refractivity contribution is -0.181. The van der Waals surface area contributed by atoms with Crippen molar-refractivity contribution in [2.24, 2.45) is 29.4 Å². The molecule has 6 unspecified atom stereocenters. The van der Waals surface area contributed by atoms with Crippen LogP contribution in [0.5, 0.6) is 11.5 Å². The van der Waals surface area contributed by atoms with Crippen molar-refractivity contribution in [3.8, 4) is 23.3 Å². The minimum atomic E-state index is -2.75. The van der Waals surface area contributed by atoms with Gasteiger partial charge in [0.05, 0.1) is 24.6 Å². The number of nitrogens with two attached hydrogens (primary N) is 1. The monoisotopic (exact) mass is 544 g/mol. The van der Waals surface area contributed by atoms with Gasteiger partial charge >= 0.3 is 0 Å². The van der Waals surface area contributed by atoms with Gasteiger partial charge in [0, 0.05) is 17.0 Å². The van der Waals surface area contributed by atoms with Crippen LogP contribution < -0.4 is 10.5 Å². The van der Waals surface area contributed by atoms with Crippen LogP contribution in [-0.2, 0) is 25.6 Å². The number of hydrogen-bond acceptors (Lipinski definition) is 9. The molecule has 206 valence electrons. The Labute approximate surface area is 230 Å². The van der Waals surface area contributed by atoms with Crippen molar-refractivity contribution in [1.82, 2.24) is 4.90 Å². The summed E-state index contributed by atoms with van der Waals surface area (Å²) in [5.74, 6) is -4.06. The van der Waals surface area contributed by atoms with E-state index in [4.69, 9.17) is 10.5 Å². The Balaban J connectivity index is 1.59. The molecule has 5 rings (SSSR count). The maximum Gasteiger partial charge on any atom is 0.235 e. The van der Waals surface area contributed by atoms with Crippen LogP contribution in [0.4, 0.5) is 0 Å². The SMILES string of the molecule is COc1ccc(C#Cc2ccc(O)c3c2CC2CC4C(N(C)C)C(=O)C(C(N)=O)C(=O)C4(O)C(=O)C2C3=O)cc1. The van der Waals surface area contributed by atoms with Crippen LogP contribution in [0, 0.1) is 35.5 Å². The Morgan fingerprint density at radius 1 is 1.05 bits per heavy atom. The second kappa shape index (κ2) is 9.70. The van der Waals surface area contributed by atoms with Crippen LogP contribution in [0.3, 0.4) is 0 Å². The summed E-state index contributed by atoms with van der Waals surface area (Å²) < 4.78 is 5.16. The summed E-state index contributed by atoms with van der Waals surface area (Å²) in [6.07, 6.45) is 0.123. The van der Waals surface area contributed by atoms with E-state index in [0.717, 1.165) is 0 Å². The minimum absolute atomic E-state index is 0.0229. The lowest BCUT2D eigenvalue weighted by atomic mass is 9.52. The zero-order valence-electron chi connectivity index (χ0n) is 22.1. The van der Waals surface area contributed by atoms with E-state index in [-0.39, 0.29) is 24.2 Å². The van der Waals surface area contributed by atoms with Gasteiger partial charge < -0.3 is 20.7 Å². The number of phenolic OH excluding ortho intramolecular Hbond substituents is 1. The highest BCUT2D eigenvalue weighted by molar-refractivity contribution is 6.32. The van der Waals surface area contributed by atoms with Gasteiger partial charge in [0.2, 0.25) is 5.91 Å². The van der Waals surface area contributed by atoms with E-state index in [1.54, 1.807) is 51.5 Å². The Morgan fingerprint density at radius 3 is 2.33 bits per heavy atom. The van der Waals surface area contributed by atoms with Crippen molar-refractivity contribution in [2.75, 3.05) is 21.2 Å². The number of likely N-dealkylation sites (N-methyl/N-ethyl adjacent to an activating group) is 1. The molecule has 2 fully saturated rings.